The average molecular weight is 292 g/mol. The van der Waals surface area contributed by atoms with E-state index in [0.717, 1.165) is 38.3 Å². The van der Waals surface area contributed by atoms with E-state index in [4.69, 9.17) is 9.84 Å². The summed E-state index contributed by atoms with van der Waals surface area (Å²) in [5.74, 6) is 1.06. The van der Waals surface area contributed by atoms with Crippen LogP contribution in [0.1, 0.15) is 19.3 Å². The molecule has 0 radical (unpaired) electrons. The quantitative estimate of drug-likeness (QED) is 0.808. The van der Waals surface area contributed by atoms with Gasteiger partial charge >= 0.3 is 0 Å². The monoisotopic (exact) mass is 292 g/mol. The molecule has 0 atom stereocenters. The lowest BCUT2D eigenvalue weighted by molar-refractivity contribution is -0.131. The summed E-state index contributed by atoms with van der Waals surface area (Å²) in [6, 6.07) is 8.03. The number of anilines is 1. The van der Waals surface area contributed by atoms with Crippen LogP contribution in [0.4, 0.5) is 5.69 Å². The molecule has 2 rings (SSSR count). The Balaban J connectivity index is 1.80. The molecule has 1 heterocycles. The zero-order valence-electron chi connectivity index (χ0n) is 12.6. The van der Waals surface area contributed by atoms with Crippen molar-refractivity contribution in [1.82, 2.24) is 4.90 Å². The van der Waals surface area contributed by atoms with E-state index in [2.05, 4.69) is 17.0 Å². The van der Waals surface area contributed by atoms with Gasteiger partial charge in [0.25, 0.3) is 0 Å². The second-order valence-corrected chi connectivity index (χ2v) is 5.25. The summed E-state index contributed by atoms with van der Waals surface area (Å²) >= 11 is 0. The molecule has 5 heteroatoms. The first-order valence-corrected chi connectivity index (χ1v) is 7.52. The molecule has 1 N–H and O–H groups in total. The normalized spacial score (nSPS) is 15.1. The van der Waals surface area contributed by atoms with Crippen LogP contribution in [0.15, 0.2) is 24.3 Å². The highest BCUT2D eigenvalue weighted by atomic mass is 16.5. The van der Waals surface area contributed by atoms with Crippen LogP contribution in [-0.2, 0) is 4.79 Å². The molecular weight excluding hydrogens is 268 g/mol. The van der Waals surface area contributed by atoms with Crippen LogP contribution < -0.4 is 9.64 Å². The van der Waals surface area contributed by atoms with E-state index >= 15 is 0 Å². The Morgan fingerprint density at radius 1 is 1.14 bits per heavy atom. The zero-order valence-corrected chi connectivity index (χ0v) is 12.6. The highest BCUT2D eigenvalue weighted by Crippen LogP contribution is 2.20. The van der Waals surface area contributed by atoms with Crippen molar-refractivity contribution in [2.45, 2.75) is 19.3 Å². The molecule has 1 aliphatic rings. The number of aliphatic hydroxyl groups is 1. The van der Waals surface area contributed by atoms with Crippen LogP contribution in [0, 0.1) is 0 Å². The van der Waals surface area contributed by atoms with E-state index in [1.165, 1.54) is 5.69 Å². The number of carbonyl (C=O) groups excluding carboxylic acids is 1. The third-order valence-corrected chi connectivity index (χ3v) is 3.87. The van der Waals surface area contributed by atoms with Crippen molar-refractivity contribution in [3.63, 3.8) is 0 Å². The van der Waals surface area contributed by atoms with E-state index in [1.807, 2.05) is 17.0 Å². The van der Waals surface area contributed by atoms with Gasteiger partial charge in [0.15, 0.2) is 0 Å². The fourth-order valence-corrected chi connectivity index (χ4v) is 2.55. The van der Waals surface area contributed by atoms with Gasteiger partial charge in [0.05, 0.1) is 7.11 Å². The molecule has 1 amide bonds. The third kappa shape index (κ3) is 4.36. The highest BCUT2D eigenvalue weighted by Gasteiger charge is 2.20. The van der Waals surface area contributed by atoms with Gasteiger partial charge < -0.3 is 19.6 Å². The van der Waals surface area contributed by atoms with Crippen LogP contribution in [0.25, 0.3) is 0 Å². The predicted molar refractivity (Wildman–Crippen MR) is 82.7 cm³/mol. The Kier molecular flexibility index (Phi) is 5.87. The lowest BCUT2D eigenvalue weighted by atomic mass is 10.2. The van der Waals surface area contributed by atoms with Crippen molar-refractivity contribution in [2.24, 2.45) is 0 Å². The Labute approximate surface area is 126 Å². The lowest BCUT2D eigenvalue weighted by Crippen LogP contribution is -2.48. The molecule has 0 aliphatic carbocycles. The number of piperazine rings is 1. The molecule has 1 aliphatic heterocycles. The van der Waals surface area contributed by atoms with Gasteiger partial charge in [-0.3, -0.25) is 4.79 Å². The number of hydrogen-bond donors (Lipinski definition) is 1. The van der Waals surface area contributed by atoms with Crippen LogP contribution in [0.2, 0.25) is 0 Å². The molecule has 0 bridgehead atoms. The first-order valence-electron chi connectivity index (χ1n) is 7.52. The zero-order chi connectivity index (χ0) is 15.1. The topological polar surface area (TPSA) is 53.0 Å². The van der Waals surface area contributed by atoms with Crippen LogP contribution in [-0.4, -0.2) is 55.8 Å². The maximum Gasteiger partial charge on any atom is 0.222 e. The largest absolute Gasteiger partial charge is 0.497 e. The van der Waals surface area contributed by atoms with E-state index in [-0.39, 0.29) is 12.5 Å². The smallest absolute Gasteiger partial charge is 0.222 e. The fraction of sp³-hybridized carbons (Fsp3) is 0.562. The molecule has 116 valence electrons. The number of amides is 1. The predicted octanol–water partition coefficient (Wildman–Crippen LogP) is 1.51. The summed E-state index contributed by atoms with van der Waals surface area (Å²) < 4.78 is 5.16. The number of methoxy groups -OCH3 is 1. The van der Waals surface area contributed by atoms with E-state index in [9.17, 15) is 4.79 Å². The molecule has 1 fully saturated rings. The van der Waals surface area contributed by atoms with Gasteiger partial charge in [-0.15, -0.1) is 0 Å². The molecule has 0 spiro atoms. The summed E-state index contributed by atoms with van der Waals surface area (Å²) in [4.78, 5) is 16.2. The average Bonchev–Trinajstić information content (AvgIpc) is 2.55. The molecule has 1 aromatic carbocycles. The lowest BCUT2D eigenvalue weighted by Gasteiger charge is -2.36. The summed E-state index contributed by atoms with van der Waals surface area (Å²) in [5, 5.41) is 8.75. The highest BCUT2D eigenvalue weighted by molar-refractivity contribution is 5.76. The van der Waals surface area contributed by atoms with Gasteiger partial charge in [-0.1, -0.05) is 0 Å². The number of ether oxygens (including phenoxy) is 1. The summed E-state index contributed by atoms with van der Waals surface area (Å²) in [7, 11) is 1.66. The number of rotatable bonds is 6. The van der Waals surface area contributed by atoms with E-state index < -0.39 is 0 Å². The number of benzene rings is 1. The Bertz CT molecular complexity index is 439. The molecule has 1 saturated heterocycles. The van der Waals surface area contributed by atoms with Crippen molar-refractivity contribution < 1.29 is 14.6 Å². The maximum atomic E-state index is 12.0. The second kappa shape index (κ2) is 7.88. The van der Waals surface area contributed by atoms with Crippen molar-refractivity contribution >= 4 is 11.6 Å². The van der Waals surface area contributed by atoms with Crippen molar-refractivity contribution in [3.8, 4) is 5.75 Å². The summed E-state index contributed by atoms with van der Waals surface area (Å²) in [5.41, 5.74) is 1.17. The minimum Gasteiger partial charge on any atom is -0.497 e. The molecule has 21 heavy (non-hydrogen) atoms. The maximum absolute atomic E-state index is 12.0. The molecule has 0 unspecified atom stereocenters. The summed E-state index contributed by atoms with van der Waals surface area (Å²) in [6.07, 6.45) is 2.02. The van der Waals surface area contributed by atoms with Crippen LogP contribution in [0.5, 0.6) is 5.75 Å². The van der Waals surface area contributed by atoms with Gasteiger partial charge in [0, 0.05) is 44.9 Å². The van der Waals surface area contributed by atoms with Gasteiger partial charge in [-0.25, -0.2) is 0 Å². The molecule has 0 saturated carbocycles. The molecular formula is C16H24N2O3. The Morgan fingerprint density at radius 2 is 1.81 bits per heavy atom. The third-order valence-electron chi connectivity index (χ3n) is 3.87. The Morgan fingerprint density at radius 3 is 2.38 bits per heavy atom. The Hall–Kier alpha value is -1.75. The summed E-state index contributed by atoms with van der Waals surface area (Å²) in [6.45, 7) is 3.42. The molecule has 1 aromatic rings. The van der Waals surface area contributed by atoms with Gasteiger partial charge in [-0.2, -0.15) is 0 Å². The SMILES string of the molecule is COc1ccc(N2CCN(C(=O)CCCCO)CC2)cc1. The van der Waals surface area contributed by atoms with Gasteiger partial charge in [0.1, 0.15) is 5.75 Å². The van der Waals surface area contributed by atoms with Crippen molar-refractivity contribution in [3.05, 3.63) is 24.3 Å². The van der Waals surface area contributed by atoms with E-state index in [0.29, 0.717) is 12.8 Å². The van der Waals surface area contributed by atoms with E-state index in [1.54, 1.807) is 7.11 Å². The van der Waals surface area contributed by atoms with Gasteiger partial charge in [0.2, 0.25) is 5.91 Å². The number of aliphatic hydroxyl groups excluding tert-OH is 1. The standard InChI is InChI=1S/C16H24N2O3/c1-21-15-7-5-14(6-8-15)17-9-11-18(12-10-17)16(20)4-2-3-13-19/h5-8,19H,2-4,9-13H2,1H3. The van der Waals surface area contributed by atoms with Crippen LogP contribution in [0.3, 0.4) is 0 Å². The minimum atomic E-state index is 0.165. The van der Waals surface area contributed by atoms with Crippen LogP contribution >= 0.6 is 0 Å². The van der Waals surface area contributed by atoms with Crippen molar-refractivity contribution in [1.29, 1.82) is 0 Å². The molecule has 5 nitrogen and oxygen atoms in total. The number of hydrogen-bond acceptors (Lipinski definition) is 4. The number of unbranched alkanes of at least 4 members (excludes halogenated alkanes) is 1. The number of carbonyl (C=O) groups is 1. The molecule has 0 aromatic heterocycles. The minimum absolute atomic E-state index is 0.165. The fourth-order valence-electron chi connectivity index (χ4n) is 2.55. The first-order chi connectivity index (χ1) is 10.2. The van der Waals surface area contributed by atoms with Crippen molar-refractivity contribution in [2.75, 3.05) is 44.8 Å². The first kappa shape index (κ1) is 15.6. The number of nitrogens with zero attached hydrogens (tertiary/aromatic N) is 2. The second-order valence-electron chi connectivity index (χ2n) is 5.25. The van der Waals surface area contributed by atoms with Gasteiger partial charge in [-0.05, 0) is 37.1 Å².